The van der Waals surface area contributed by atoms with Gasteiger partial charge in [0.25, 0.3) is 0 Å². The first-order valence-electron chi connectivity index (χ1n) is 8.62. The summed E-state index contributed by atoms with van der Waals surface area (Å²) in [6.07, 6.45) is -4.01. The zero-order valence-corrected chi connectivity index (χ0v) is 16.4. The predicted molar refractivity (Wildman–Crippen MR) is 92.9 cm³/mol. The van der Waals surface area contributed by atoms with Crippen molar-refractivity contribution in [3.63, 3.8) is 0 Å². The second kappa shape index (κ2) is 8.42. The molecule has 1 aromatic carbocycles. The number of ether oxygens (including phenoxy) is 1. The summed E-state index contributed by atoms with van der Waals surface area (Å²) in [5, 5.41) is -4.55. The molecule has 3 nitrogen and oxygen atoms in total. The summed E-state index contributed by atoms with van der Waals surface area (Å²) in [4.78, 5) is 12.7. The lowest BCUT2D eigenvalue weighted by atomic mass is 9.89. The molecule has 0 atom stereocenters. The Bertz CT molecular complexity index is 715. The minimum atomic E-state index is -4.55. The smallest absolute Gasteiger partial charge is 0.410 e. The molecule has 1 aromatic rings. The van der Waals surface area contributed by atoms with Crippen molar-refractivity contribution >= 4 is 17.9 Å². The quantitative estimate of drug-likeness (QED) is 0.432. The number of halogens is 6. The van der Waals surface area contributed by atoms with Crippen LogP contribution in [0, 0.1) is 11.6 Å². The highest BCUT2D eigenvalue weighted by Crippen LogP contribution is 2.46. The fourth-order valence-corrected chi connectivity index (χ4v) is 3.75. The van der Waals surface area contributed by atoms with Crippen LogP contribution in [0.3, 0.4) is 0 Å². The number of benzene rings is 1. The number of likely N-dealkylation sites (tertiary alicyclic amines) is 1. The van der Waals surface area contributed by atoms with Crippen molar-refractivity contribution in [3.8, 4) is 0 Å². The number of rotatable bonds is 4. The van der Waals surface area contributed by atoms with E-state index in [9.17, 15) is 31.1 Å². The molecule has 2 rings (SSSR count). The lowest BCUT2D eigenvalue weighted by Gasteiger charge is -2.34. The molecular weight excluding hydrogens is 408 g/mol. The fourth-order valence-electron chi connectivity index (χ4n) is 2.85. The van der Waals surface area contributed by atoms with Gasteiger partial charge in [0, 0.05) is 13.1 Å². The van der Waals surface area contributed by atoms with Crippen molar-refractivity contribution < 1.29 is 35.9 Å². The molecule has 1 amide bonds. The van der Waals surface area contributed by atoms with Crippen molar-refractivity contribution in [1.29, 1.82) is 0 Å². The summed E-state index contributed by atoms with van der Waals surface area (Å²) in [6.45, 7) is 5.57. The molecule has 0 bridgehead atoms. The van der Waals surface area contributed by atoms with Crippen molar-refractivity contribution in [2.45, 2.75) is 61.7 Å². The Morgan fingerprint density at radius 3 is 2.25 bits per heavy atom. The van der Waals surface area contributed by atoms with Crippen LogP contribution in [0.4, 0.5) is 31.1 Å². The molecule has 0 saturated carbocycles. The maximum atomic E-state index is 14.1. The number of alkyl halides is 4. The number of hydrogen-bond donors (Lipinski definition) is 0. The van der Waals surface area contributed by atoms with Gasteiger partial charge in [-0.3, -0.25) is 0 Å². The van der Waals surface area contributed by atoms with Crippen LogP contribution in [-0.4, -0.2) is 41.4 Å². The highest BCUT2D eigenvalue weighted by atomic mass is 32.2. The highest BCUT2D eigenvalue weighted by molar-refractivity contribution is 8.00. The second-order valence-corrected chi connectivity index (χ2v) is 8.64. The zero-order chi connectivity index (χ0) is 21.3. The van der Waals surface area contributed by atoms with Gasteiger partial charge in [0.1, 0.15) is 5.60 Å². The number of carbonyl (C=O) groups excluding carboxylic acids is 1. The number of hydrogen-bond acceptors (Lipinski definition) is 3. The molecule has 158 valence electrons. The van der Waals surface area contributed by atoms with Crippen molar-refractivity contribution in [3.05, 3.63) is 29.3 Å². The lowest BCUT2D eigenvalue weighted by Crippen LogP contribution is -2.41. The molecule has 1 heterocycles. The molecule has 1 saturated heterocycles. The third kappa shape index (κ3) is 5.48. The van der Waals surface area contributed by atoms with Crippen LogP contribution in [-0.2, 0) is 4.74 Å². The van der Waals surface area contributed by atoms with E-state index in [2.05, 4.69) is 0 Å². The van der Waals surface area contributed by atoms with E-state index in [0.29, 0.717) is 0 Å². The first-order chi connectivity index (χ1) is 12.8. The molecule has 1 fully saturated rings. The Labute approximate surface area is 163 Å². The number of carbonyl (C=O) groups is 1. The molecule has 0 N–H and O–H groups in total. The topological polar surface area (TPSA) is 29.5 Å². The van der Waals surface area contributed by atoms with Crippen LogP contribution in [0.25, 0.3) is 0 Å². The Kier molecular flexibility index (Phi) is 6.83. The van der Waals surface area contributed by atoms with E-state index in [1.165, 1.54) is 4.90 Å². The average Bonchev–Trinajstić information content (AvgIpc) is 2.57. The first-order valence-corrected chi connectivity index (χ1v) is 9.44. The molecular formula is C18H21F6NO2S. The molecule has 0 aliphatic carbocycles. The van der Waals surface area contributed by atoms with Crippen LogP contribution >= 0.6 is 11.8 Å². The Morgan fingerprint density at radius 1 is 1.18 bits per heavy atom. The molecule has 0 unspecified atom stereocenters. The molecule has 10 heteroatoms. The number of amides is 1. The van der Waals surface area contributed by atoms with Crippen LogP contribution in [0.15, 0.2) is 17.0 Å². The zero-order valence-electron chi connectivity index (χ0n) is 15.6. The van der Waals surface area contributed by atoms with Crippen LogP contribution in [0.1, 0.15) is 45.1 Å². The van der Waals surface area contributed by atoms with Gasteiger partial charge < -0.3 is 9.64 Å². The van der Waals surface area contributed by atoms with Gasteiger partial charge in [0.2, 0.25) is 0 Å². The number of thioether (sulfide) groups is 1. The summed E-state index contributed by atoms with van der Waals surface area (Å²) < 4.78 is 85.0. The third-order valence-corrected chi connectivity index (χ3v) is 5.23. The molecule has 1 aliphatic heterocycles. The van der Waals surface area contributed by atoms with Gasteiger partial charge in [-0.05, 0) is 62.9 Å². The van der Waals surface area contributed by atoms with Crippen LogP contribution < -0.4 is 0 Å². The summed E-state index contributed by atoms with van der Waals surface area (Å²) in [6, 6.07) is 1.92. The summed E-state index contributed by atoms with van der Waals surface area (Å²) in [5.74, 6) is -3.44. The summed E-state index contributed by atoms with van der Waals surface area (Å²) in [7, 11) is 0. The maximum absolute atomic E-state index is 14.1. The molecule has 0 aromatic heterocycles. The van der Waals surface area contributed by atoms with Gasteiger partial charge in [0.05, 0.1) is 4.90 Å². The van der Waals surface area contributed by atoms with Crippen LogP contribution in [0.5, 0.6) is 0 Å². The average molecular weight is 429 g/mol. The molecule has 0 spiro atoms. The minimum Gasteiger partial charge on any atom is -0.444 e. The van der Waals surface area contributed by atoms with Gasteiger partial charge in [-0.15, -0.1) is 0 Å². The standard InChI is InChI=1S/C18H21F6NO2S/c1-17(2,3)27-16(26)25-8-6-10(7-9-25)11-4-5-12(19)13(20)14(11)28-18(23,24)15(21)22/h4-5,10,15H,6-9H2,1-3H3. The van der Waals surface area contributed by atoms with E-state index < -0.39 is 57.6 Å². The Morgan fingerprint density at radius 2 is 1.75 bits per heavy atom. The van der Waals surface area contributed by atoms with Gasteiger partial charge in [0.15, 0.2) is 11.6 Å². The second-order valence-electron chi connectivity index (χ2n) is 7.49. The predicted octanol–water partition coefficient (Wildman–Crippen LogP) is 6.03. The minimum absolute atomic E-state index is 0.0352. The monoisotopic (exact) mass is 429 g/mol. The number of nitrogens with zero attached hydrogens (tertiary/aromatic N) is 1. The Hall–Kier alpha value is -1.58. The van der Waals surface area contributed by atoms with Crippen molar-refractivity contribution in [2.75, 3.05) is 13.1 Å². The fraction of sp³-hybridized carbons (Fsp3) is 0.611. The summed E-state index contributed by atoms with van der Waals surface area (Å²) in [5.41, 5.74) is -0.647. The van der Waals surface area contributed by atoms with Crippen molar-refractivity contribution in [1.82, 2.24) is 4.90 Å². The first kappa shape index (κ1) is 22.7. The van der Waals surface area contributed by atoms with Crippen molar-refractivity contribution in [2.24, 2.45) is 0 Å². The maximum Gasteiger partial charge on any atom is 0.410 e. The van der Waals surface area contributed by atoms with Gasteiger partial charge in [-0.1, -0.05) is 6.07 Å². The van der Waals surface area contributed by atoms with Gasteiger partial charge in [-0.2, -0.15) is 8.78 Å². The SMILES string of the molecule is CC(C)(C)OC(=O)N1CCC(c2ccc(F)c(F)c2SC(F)(F)C(F)F)CC1. The van der Waals surface area contributed by atoms with E-state index in [0.717, 1.165) is 12.1 Å². The van der Waals surface area contributed by atoms with E-state index >= 15 is 0 Å². The Balaban J connectivity index is 2.19. The lowest BCUT2D eigenvalue weighted by molar-refractivity contribution is -0.0564. The van der Waals surface area contributed by atoms with Gasteiger partial charge in [-0.25, -0.2) is 22.4 Å². The van der Waals surface area contributed by atoms with Gasteiger partial charge >= 0.3 is 17.8 Å². The van der Waals surface area contributed by atoms with Crippen LogP contribution in [0.2, 0.25) is 0 Å². The third-order valence-electron chi connectivity index (χ3n) is 4.16. The summed E-state index contributed by atoms with van der Waals surface area (Å²) >= 11 is -0.674. The van der Waals surface area contributed by atoms with E-state index in [1.54, 1.807) is 20.8 Å². The molecule has 0 radical (unpaired) electrons. The molecule has 28 heavy (non-hydrogen) atoms. The normalized spacial score (nSPS) is 16.6. The molecule has 1 aliphatic rings. The highest BCUT2D eigenvalue weighted by Gasteiger charge is 2.44. The van der Waals surface area contributed by atoms with E-state index in [-0.39, 0.29) is 31.5 Å². The number of piperidine rings is 1. The van der Waals surface area contributed by atoms with E-state index in [4.69, 9.17) is 4.74 Å². The van der Waals surface area contributed by atoms with E-state index in [1.807, 2.05) is 0 Å². The largest absolute Gasteiger partial charge is 0.444 e.